The molecule has 0 saturated carbocycles. The van der Waals surface area contributed by atoms with Crippen LogP contribution in [-0.4, -0.2) is 19.3 Å². The minimum absolute atomic E-state index is 0.157. The van der Waals surface area contributed by atoms with Crippen molar-refractivity contribution in [3.8, 4) is 0 Å². The van der Waals surface area contributed by atoms with E-state index in [2.05, 4.69) is 15.2 Å². The Balaban J connectivity index is 1.91. The third-order valence-electron chi connectivity index (χ3n) is 4.75. The number of aryl methyl sites for hydroxylation is 2. The molecule has 7 heteroatoms. The van der Waals surface area contributed by atoms with E-state index in [0.717, 1.165) is 16.5 Å². The molecule has 0 radical (unpaired) electrons. The highest BCUT2D eigenvalue weighted by Gasteiger charge is 2.23. The lowest BCUT2D eigenvalue weighted by molar-refractivity contribution is 0.0942. The largest absolute Gasteiger partial charge is 0.285 e. The summed E-state index contributed by atoms with van der Waals surface area (Å²) in [6, 6.07) is 11.0. The highest BCUT2D eigenvalue weighted by Crippen LogP contribution is 2.25. The molecule has 0 atom stereocenters. The number of carbonyl (C=O) groups excluding carboxylic acids is 1. The lowest BCUT2D eigenvalue weighted by atomic mass is 10.0. The van der Waals surface area contributed by atoms with Gasteiger partial charge in [-0.15, -0.1) is 4.83 Å². The Morgan fingerprint density at radius 2 is 1.59 bits per heavy atom. The van der Waals surface area contributed by atoms with E-state index >= 15 is 0 Å². The van der Waals surface area contributed by atoms with Crippen LogP contribution in [0.4, 0.5) is 0 Å². The lowest BCUT2D eigenvalue weighted by Crippen LogP contribution is -2.42. The van der Waals surface area contributed by atoms with Crippen LogP contribution >= 0.6 is 0 Å². The minimum Gasteiger partial charge on any atom is -0.272 e. The zero-order valence-electron chi connectivity index (χ0n) is 15.6. The highest BCUT2D eigenvalue weighted by atomic mass is 32.2. The summed E-state index contributed by atoms with van der Waals surface area (Å²) in [4.78, 5) is 19.0. The van der Waals surface area contributed by atoms with Crippen LogP contribution in [-0.2, 0) is 10.0 Å². The monoisotopic (exact) mass is 383 g/mol. The third kappa shape index (κ3) is 3.56. The quantitative estimate of drug-likeness (QED) is 0.678. The summed E-state index contributed by atoms with van der Waals surface area (Å²) < 4.78 is 25.7. The van der Waals surface area contributed by atoms with Gasteiger partial charge >= 0.3 is 0 Å². The second-order valence-electron chi connectivity index (χ2n) is 6.53. The normalized spacial score (nSPS) is 11.6. The topological polar surface area (TPSA) is 88.2 Å². The molecule has 0 aliphatic heterocycles. The zero-order valence-corrected chi connectivity index (χ0v) is 16.4. The smallest absolute Gasteiger partial charge is 0.272 e. The maximum Gasteiger partial charge on any atom is 0.285 e. The molecule has 0 aliphatic rings. The number of nitrogens with one attached hydrogen (secondary N) is 2. The molecular weight excluding hydrogens is 362 g/mol. The molecule has 140 valence electrons. The summed E-state index contributed by atoms with van der Waals surface area (Å²) in [5.74, 6) is -0.616. The third-order valence-corrected chi connectivity index (χ3v) is 6.27. The Morgan fingerprint density at radius 1 is 0.963 bits per heavy atom. The van der Waals surface area contributed by atoms with E-state index in [4.69, 9.17) is 0 Å². The van der Waals surface area contributed by atoms with Crippen LogP contribution in [0.3, 0.4) is 0 Å². The number of fused-ring (bicyclic) bond motifs is 1. The number of hydrogen-bond acceptors (Lipinski definition) is 4. The molecule has 0 fully saturated rings. The first-order chi connectivity index (χ1) is 12.7. The van der Waals surface area contributed by atoms with Gasteiger partial charge < -0.3 is 0 Å². The second kappa shape index (κ2) is 7.09. The Labute approximate surface area is 158 Å². The number of carbonyl (C=O) groups is 1. The maximum atomic E-state index is 12.8. The maximum absolute atomic E-state index is 12.8. The van der Waals surface area contributed by atoms with Crippen LogP contribution in [0.1, 0.15) is 32.7 Å². The van der Waals surface area contributed by atoms with E-state index in [1.807, 2.05) is 32.0 Å². The Hall–Kier alpha value is -2.77. The molecule has 0 saturated heterocycles. The Bertz CT molecular complexity index is 1120. The Kier molecular flexibility index (Phi) is 4.99. The number of aromatic nitrogens is 1. The number of hydrazine groups is 1. The second-order valence-corrected chi connectivity index (χ2v) is 8.15. The van der Waals surface area contributed by atoms with Crippen LogP contribution in [0.15, 0.2) is 47.5 Å². The molecule has 0 bridgehead atoms. The van der Waals surface area contributed by atoms with Crippen LogP contribution in [0.5, 0.6) is 0 Å². The van der Waals surface area contributed by atoms with Crippen molar-refractivity contribution >= 4 is 26.7 Å². The number of nitrogens with zero attached hydrogens (tertiary/aromatic N) is 1. The van der Waals surface area contributed by atoms with Gasteiger partial charge in [-0.3, -0.25) is 15.2 Å². The summed E-state index contributed by atoms with van der Waals surface area (Å²) in [5.41, 5.74) is 5.50. The molecule has 0 unspecified atom stereocenters. The van der Waals surface area contributed by atoms with E-state index in [9.17, 15) is 13.2 Å². The van der Waals surface area contributed by atoms with Crippen molar-refractivity contribution in [2.75, 3.05) is 0 Å². The molecule has 1 heterocycles. The molecule has 6 nitrogen and oxygen atoms in total. The van der Waals surface area contributed by atoms with Gasteiger partial charge in [0.1, 0.15) is 5.69 Å². The molecule has 1 aromatic heterocycles. The van der Waals surface area contributed by atoms with Gasteiger partial charge in [-0.05, 0) is 61.4 Å². The van der Waals surface area contributed by atoms with Crippen LogP contribution in [0, 0.1) is 27.7 Å². The minimum atomic E-state index is -3.93. The van der Waals surface area contributed by atoms with Gasteiger partial charge in [0.15, 0.2) is 0 Å². The molecule has 2 N–H and O–H groups in total. The van der Waals surface area contributed by atoms with E-state index in [0.29, 0.717) is 16.5 Å². The van der Waals surface area contributed by atoms with Gasteiger partial charge in [-0.2, -0.15) is 0 Å². The van der Waals surface area contributed by atoms with Gasteiger partial charge in [-0.1, -0.05) is 30.3 Å². The van der Waals surface area contributed by atoms with Crippen LogP contribution in [0.2, 0.25) is 0 Å². The van der Waals surface area contributed by atoms with Crippen molar-refractivity contribution in [3.63, 3.8) is 0 Å². The van der Waals surface area contributed by atoms with Gasteiger partial charge in [0.05, 0.1) is 4.90 Å². The number of pyridine rings is 1. The fraction of sp³-hybridized carbons (Fsp3) is 0.200. The van der Waals surface area contributed by atoms with Gasteiger partial charge in [-0.25, -0.2) is 8.42 Å². The first kappa shape index (κ1) is 19.0. The van der Waals surface area contributed by atoms with E-state index < -0.39 is 15.9 Å². The van der Waals surface area contributed by atoms with Crippen molar-refractivity contribution in [1.29, 1.82) is 0 Å². The lowest BCUT2D eigenvalue weighted by Gasteiger charge is -2.16. The zero-order chi connectivity index (χ0) is 19.8. The fourth-order valence-electron chi connectivity index (χ4n) is 3.11. The molecular formula is C20H21N3O3S. The van der Waals surface area contributed by atoms with E-state index in [1.165, 1.54) is 6.20 Å². The van der Waals surface area contributed by atoms with E-state index in [-0.39, 0.29) is 10.6 Å². The number of amides is 1. The predicted molar refractivity (Wildman–Crippen MR) is 105 cm³/mol. The standard InChI is InChI=1S/C20H21N3O3S/c1-12-11-13(2)15(4)19(14(12)3)27(25,26)23-22-20(24)18-17-8-6-5-7-16(17)9-10-21-18/h5-11,23H,1-4H3,(H,22,24). The average Bonchev–Trinajstić information content (AvgIpc) is 2.64. The molecule has 0 spiro atoms. The molecule has 2 aromatic carbocycles. The van der Waals surface area contributed by atoms with Gasteiger partial charge in [0, 0.05) is 11.6 Å². The molecule has 1 amide bonds. The van der Waals surface area contributed by atoms with Crippen molar-refractivity contribution in [2.45, 2.75) is 32.6 Å². The predicted octanol–water partition coefficient (Wildman–Crippen LogP) is 3.09. The fourth-order valence-corrected chi connectivity index (χ4v) is 4.57. The summed E-state index contributed by atoms with van der Waals surface area (Å²) in [7, 11) is -3.93. The van der Waals surface area contributed by atoms with E-state index in [1.54, 1.807) is 32.0 Å². The molecule has 27 heavy (non-hydrogen) atoms. The Morgan fingerprint density at radius 3 is 2.26 bits per heavy atom. The van der Waals surface area contributed by atoms with Crippen molar-refractivity contribution in [3.05, 3.63) is 70.5 Å². The van der Waals surface area contributed by atoms with Crippen LogP contribution in [0.25, 0.3) is 10.8 Å². The first-order valence-electron chi connectivity index (χ1n) is 8.45. The first-order valence-corrected chi connectivity index (χ1v) is 9.94. The number of sulfonamides is 1. The van der Waals surface area contributed by atoms with Crippen LogP contribution < -0.4 is 10.3 Å². The summed E-state index contributed by atoms with van der Waals surface area (Å²) in [6.07, 6.45) is 1.52. The van der Waals surface area contributed by atoms with Gasteiger partial charge in [0.25, 0.3) is 15.9 Å². The highest BCUT2D eigenvalue weighted by molar-refractivity contribution is 7.89. The number of hydrogen-bond donors (Lipinski definition) is 2. The van der Waals surface area contributed by atoms with Crippen molar-refractivity contribution in [1.82, 2.24) is 15.2 Å². The van der Waals surface area contributed by atoms with Gasteiger partial charge in [0.2, 0.25) is 0 Å². The van der Waals surface area contributed by atoms with Crippen molar-refractivity contribution < 1.29 is 13.2 Å². The summed E-state index contributed by atoms with van der Waals surface area (Å²) >= 11 is 0. The molecule has 3 aromatic rings. The molecule has 0 aliphatic carbocycles. The number of benzene rings is 2. The SMILES string of the molecule is Cc1cc(C)c(C)c(S(=O)(=O)NNC(=O)c2nccc3ccccc23)c1C. The molecule has 3 rings (SSSR count). The number of rotatable bonds is 4. The summed E-state index contributed by atoms with van der Waals surface area (Å²) in [5, 5.41) is 1.50. The van der Waals surface area contributed by atoms with Crippen molar-refractivity contribution in [2.24, 2.45) is 0 Å². The summed E-state index contributed by atoms with van der Waals surface area (Å²) in [6.45, 7) is 7.23. The average molecular weight is 383 g/mol.